The molecule has 2 aromatic heterocycles. The number of benzene rings is 1. The minimum absolute atomic E-state index is 0.147. The molecule has 3 rings (SSSR count). The van der Waals surface area contributed by atoms with Gasteiger partial charge in [0.2, 0.25) is 11.8 Å². The van der Waals surface area contributed by atoms with E-state index in [1.54, 1.807) is 54.7 Å². The van der Waals surface area contributed by atoms with Crippen LogP contribution < -0.4 is 16.1 Å². The highest BCUT2D eigenvalue weighted by molar-refractivity contribution is 7.17. The summed E-state index contributed by atoms with van der Waals surface area (Å²) in [4.78, 5) is 44.5. The molecule has 1 aromatic carbocycles. The van der Waals surface area contributed by atoms with E-state index in [2.05, 4.69) is 32.5 Å². The monoisotopic (exact) mass is 584 g/mol. The van der Waals surface area contributed by atoms with Gasteiger partial charge in [0.15, 0.2) is 6.29 Å². The summed E-state index contributed by atoms with van der Waals surface area (Å²) < 4.78 is 12.8. The highest BCUT2D eigenvalue weighted by atomic mass is 32.1. The van der Waals surface area contributed by atoms with E-state index >= 15 is 0 Å². The maximum atomic E-state index is 13.8. The van der Waals surface area contributed by atoms with E-state index in [9.17, 15) is 14.4 Å². The lowest BCUT2D eigenvalue weighted by molar-refractivity contribution is -0.179. The van der Waals surface area contributed by atoms with Gasteiger partial charge in [-0.2, -0.15) is 0 Å². The third kappa shape index (κ3) is 9.49. The minimum Gasteiger partial charge on any atom is -0.351 e. The number of urea groups is 1. The lowest BCUT2D eigenvalue weighted by atomic mass is 10.1. The van der Waals surface area contributed by atoms with Crippen molar-refractivity contribution in [3.8, 4) is 0 Å². The Morgan fingerprint density at radius 3 is 2.39 bits per heavy atom. The number of aromatic nitrogens is 1. The molecule has 0 aliphatic rings. The van der Waals surface area contributed by atoms with Gasteiger partial charge in [-0.3, -0.25) is 20.0 Å². The average molecular weight is 585 g/mol. The van der Waals surface area contributed by atoms with Crippen molar-refractivity contribution in [3.63, 3.8) is 0 Å². The number of pyridine rings is 1. The fraction of sp³-hybridized carbons (Fsp3) is 0.448. The molecule has 3 aromatic rings. The van der Waals surface area contributed by atoms with Crippen LogP contribution in [0, 0.1) is 0 Å². The van der Waals surface area contributed by atoms with Gasteiger partial charge in [0.05, 0.1) is 12.6 Å². The molecule has 41 heavy (non-hydrogen) atoms. The maximum Gasteiger partial charge on any atom is 0.329 e. The third-order valence-electron chi connectivity index (χ3n) is 6.36. The molecule has 0 aliphatic heterocycles. The van der Waals surface area contributed by atoms with Crippen molar-refractivity contribution in [2.75, 3.05) is 26.8 Å². The predicted molar refractivity (Wildman–Crippen MR) is 159 cm³/mol. The second-order valence-electron chi connectivity index (χ2n) is 9.54. The number of thiophene rings is 1. The van der Waals surface area contributed by atoms with Gasteiger partial charge in [-0.25, -0.2) is 9.80 Å². The van der Waals surface area contributed by atoms with Crippen molar-refractivity contribution >= 4 is 39.3 Å². The molecule has 0 aliphatic carbocycles. The van der Waals surface area contributed by atoms with Gasteiger partial charge >= 0.3 is 6.03 Å². The Morgan fingerprint density at radius 2 is 1.71 bits per heavy atom. The zero-order valence-corrected chi connectivity index (χ0v) is 25.1. The molecule has 11 nitrogen and oxygen atoms in total. The number of rotatable bonds is 15. The van der Waals surface area contributed by atoms with Gasteiger partial charge in [0.1, 0.15) is 6.04 Å². The molecule has 0 saturated carbocycles. The number of carbonyl (C=O) groups excluding carboxylic acids is 3. The average Bonchev–Trinajstić information content (AvgIpc) is 3.37. The summed E-state index contributed by atoms with van der Waals surface area (Å²) in [5.74, 6) is -0.682. The smallest absolute Gasteiger partial charge is 0.329 e. The van der Waals surface area contributed by atoms with Crippen LogP contribution in [0.15, 0.2) is 54.2 Å². The first-order valence-electron chi connectivity index (χ1n) is 13.7. The first kappa shape index (κ1) is 31.9. The number of amides is 4. The molecule has 2 unspecified atom stereocenters. The van der Waals surface area contributed by atoms with Crippen LogP contribution in [0.1, 0.15) is 38.8 Å². The van der Waals surface area contributed by atoms with Crippen molar-refractivity contribution in [2.24, 2.45) is 0 Å². The number of hydrazine groups is 1. The SMILES string of the molecule is CCOC(OCC)C(C)N(Cc1csc2ccccc12)C(=O)C(C)NC(=O)CN(C)NC(=O)NCc1ccncc1. The van der Waals surface area contributed by atoms with Gasteiger partial charge in [0.25, 0.3) is 0 Å². The quantitative estimate of drug-likeness (QED) is 0.185. The summed E-state index contributed by atoms with van der Waals surface area (Å²) in [6.45, 7) is 8.66. The summed E-state index contributed by atoms with van der Waals surface area (Å²) in [6.07, 6.45) is 2.67. The van der Waals surface area contributed by atoms with Gasteiger partial charge < -0.3 is 25.0 Å². The number of fused-ring (bicyclic) bond motifs is 1. The largest absolute Gasteiger partial charge is 0.351 e. The van der Waals surface area contributed by atoms with Gasteiger partial charge in [0, 0.05) is 50.4 Å². The number of ether oxygens (including phenoxy) is 2. The lowest BCUT2D eigenvalue weighted by Gasteiger charge is -2.36. The van der Waals surface area contributed by atoms with Crippen molar-refractivity contribution < 1.29 is 23.9 Å². The standard InChI is InChI=1S/C29H40N6O5S/c1-6-39-28(40-7-2)21(4)35(17-23-19-41-25-11-9-8-10-24(23)25)27(37)20(3)32-26(36)18-34(5)33-29(38)31-16-22-12-14-30-15-13-22/h8-15,19-21,28H,6-7,16-18H2,1-5H3,(H,32,36)(H2,31,33,38). The maximum absolute atomic E-state index is 13.8. The summed E-state index contributed by atoms with van der Waals surface area (Å²) in [5, 5.41) is 9.98. The first-order chi connectivity index (χ1) is 19.7. The fourth-order valence-corrected chi connectivity index (χ4v) is 5.27. The van der Waals surface area contributed by atoms with Crippen LogP contribution in [0.4, 0.5) is 4.79 Å². The van der Waals surface area contributed by atoms with E-state index in [0.29, 0.717) is 26.3 Å². The van der Waals surface area contributed by atoms with Gasteiger partial charge in [-0.15, -0.1) is 11.3 Å². The summed E-state index contributed by atoms with van der Waals surface area (Å²) in [6, 6.07) is 9.95. The van der Waals surface area contributed by atoms with Crippen molar-refractivity contribution in [1.29, 1.82) is 0 Å². The van der Waals surface area contributed by atoms with Crippen LogP contribution in [0.25, 0.3) is 10.1 Å². The first-order valence-corrected chi connectivity index (χ1v) is 14.5. The van der Waals surface area contributed by atoms with Gasteiger partial charge in [-0.05, 0) is 67.8 Å². The molecular weight excluding hydrogens is 544 g/mol. The van der Waals surface area contributed by atoms with Gasteiger partial charge in [-0.1, -0.05) is 18.2 Å². The van der Waals surface area contributed by atoms with Crippen molar-refractivity contribution in [2.45, 2.75) is 59.2 Å². The Labute approximate surface area is 245 Å². The molecule has 12 heteroatoms. The molecular formula is C29H40N6O5S. The Kier molecular flexibility index (Phi) is 12.5. The Hall–Kier alpha value is -3.58. The number of nitrogens with one attached hydrogen (secondary N) is 3. The second kappa shape index (κ2) is 16.0. The topological polar surface area (TPSA) is 125 Å². The van der Waals surface area contributed by atoms with Crippen LogP contribution in [0.3, 0.4) is 0 Å². The zero-order valence-electron chi connectivity index (χ0n) is 24.3. The third-order valence-corrected chi connectivity index (χ3v) is 7.37. The number of hydrogen-bond acceptors (Lipinski definition) is 8. The fourth-order valence-electron chi connectivity index (χ4n) is 4.31. The van der Waals surface area contributed by atoms with Crippen LogP contribution in [-0.4, -0.2) is 77.9 Å². The van der Waals surface area contributed by atoms with Crippen molar-refractivity contribution in [1.82, 2.24) is 31.0 Å². The number of carbonyl (C=O) groups is 3. The van der Waals surface area contributed by atoms with E-state index < -0.39 is 30.3 Å². The Morgan fingerprint density at radius 1 is 1.02 bits per heavy atom. The highest BCUT2D eigenvalue weighted by Gasteiger charge is 2.32. The molecule has 2 atom stereocenters. The molecule has 2 heterocycles. The zero-order chi connectivity index (χ0) is 29.8. The molecule has 0 bridgehead atoms. The van der Waals surface area contributed by atoms with Crippen molar-refractivity contribution in [3.05, 3.63) is 65.3 Å². The Bertz CT molecular complexity index is 1270. The minimum atomic E-state index is -0.826. The van der Waals surface area contributed by atoms with E-state index in [0.717, 1.165) is 21.2 Å². The summed E-state index contributed by atoms with van der Waals surface area (Å²) in [5.41, 5.74) is 4.50. The molecule has 4 amide bonds. The van der Waals surface area contributed by atoms with Crippen LogP contribution in [0.5, 0.6) is 0 Å². The lowest BCUT2D eigenvalue weighted by Crippen LogP contribution is -2.55. The van der Waals surface area contributed by atoms with E-state index in [4.69, 9.17) is 9.47 Å². The number of hydrogen-bond donors (Lipinski definition) is 3. The summed E-state index contributed by atoms with van der Waals surface area (Å²) in [7, 11) is 1.57. The Balaban J connectivity index is 1.63. The molecule has 0 spiro atoms. The van der Waals surface area contributed by atoms with Crippen LogP contribution in [0.2, 0.25) is 0 Å². The second-order valence-corrected chi connectivity index (χ2v) is 10.4. The molecule has 3 N–H and O–H groups in total. The molecule has 0 saturated heterocycles. The van der Waals surface area contributed by atoms with E-state index in [1.165, 1.54) is 5.01 Å². The highest BCUT2D eigenvalue weighted by Crippen LogP contribution is 2.28. The molecule has 222 valence electrons. The normalized spacial score (nSPS) is 12.8. The molecule has 0 fully saturated rings. The summed E-state index contributed by atoms with van der Waals surface area (Å²) >= 11 is 1.62. The molecule has 0 radical (unpaired) electrons. The number of likely N-dealkylation sites (N-methyl/N-ethyl adjacent to an activating group) is 1. The predicted octanol–water partition coefficient (Wildman–Crippen LogP) is 3.26. The van der Waals surface area contributed by atoms with Crippen LogP contribution >= 0.6 is 11.3 Å². The number of nitrogens with zero attached hydrogens (tertiary/aromatic N) is 3. The van der Waals surface area contributed by atoms with E-state index in [-0.39, 0.29) is 12.5 Å². The van der Waals surface area contributed by atoms with Crippen LogP contribution in [-0.2, 0) is 32.2 Å². The van der Waals surface area contributed by atoms with E-state index in [1.807, 2.05) is 39.0 Å².